The maximum Gasteiger partial charge on any atom is 0.305 e. The minimum atomic E-state index is -2.25. The van der Waals surface area contributed by atoms with Crippen LogP contribution in [-0.2, 0) is 9.59 Å². The first kappa shape index (κ1) is 17.2. The van der Waals surface area contributed by atoms with E-state index in [-0.39, 0.29) is 26.2 Å². The molecule has 0 radical (unpaired) electrons. The lowest BCUT2D eigenvalue weighted by Crippen LogP contribution is -2.75. The average molecular weight is 327 g/mol. The molecule has 10 heteroatoms. The Kier molecular flexibility index (Phi) is 4.31. The molecular formula is C13H17N3O7. The third-order valence-corrected chi connectivity index (χ3v) is 4.64. The first-order valence-electron chi connectivity index (χ1n) is 7.06. The first-order valence-corrected chi connectivity index (χ1v) is 7.06. The summed E-state index contributed by atoms with van der Waals surface area (Å²) in [6.07, 6.45) is 1.53. The monoisotopic (exact) mass is 327 g/mol. The molecule has 0 spiro atoms. The van der Waals surface area contributed by atoms with E-state index in [1.165, 1.54) is 11.8 Å². The van der Waals surface area contributed by atoms with Crippen LogP contribution in [0.5, 0.6) is 0 Å². The van der Waals surface area contributed by atoms with E-state index in [9.17, 15) is 29.8 Å². The molecule has 0 aromatic rings. The van der Waals surface area contributed by atoms with Gasteiger partial charge in [0, 0.05) is 22.8 Å². The van der Waals surface area contributed by atoms with Crippen LogP contribution in [0, 0.1) is 26.1 Å². The van der Waals surface area contributed by atoms with Crippen molar-refractivity contribution in [3.63, 3.8) is 0 Å². The quantitative estimate of drug-likeness (QED) is 0.486. The Labute approximate surface area is 131 Å². The van der Waals surface area contributed by atoms with Crippen molar-refractivity contribution in [2.75, 3.05) is 26.2 Å². The molecule has 1 N–H and O–H groups in total. The van der Waals surface area contributed by atoms with Gasteiger partial charge in [0.15, 0.2) is 0 Å². The second kappa shape index (κ2) is 5.78. The van der Waals surface area contributed by atoms with Crippen LogP contribution >= 0.6 is 0 Å². The van der Waals surface area contributed by atoms with Gasteiger partial charge in [0.2, 0.25) is 5.78 Å². The summed E-state index contributed by atoms with van der Waals surface area (Å²) < 4.78 is 0. The number of rotatable bonds is 6. The highest BCUT2D eigenvalue weighted by Crippen LogP contribution is 2.45. The second-order valence-corrected chi connectivity index (χ2v) is 6.02. The van der Waals surface area contributed by atoms with Crippen molar-refractivity contribution in [1.82, 2.24) is 4.90 Å². The molecule has 126 valence electrons. The molecule has 1 aliphatic heterocycles. The van der Waals surface area contributed by atoms with Gasteiger partial charge in [0.1, 0.15) is 11.7 Å². The van der Waals surface area contributed by atoms with E-state index >= 15 is 0 Å². The number of ketones is 2. The molecule has 1 saturated heterocycles. The maximum absolute atomic E-state index is 12.3. The summed E-state index contributed by atoms with van der Waals surface area (Å²) >= 11 is 0. The predicted octanol–water partition coefficient (Wildman–Crippen LogP) is -0.940. The molecule has 2 aliphatic rings. The lowest BCUT2D eigenvalue weighted by Gasteiger charge is -2.47. The summed E-state index contributed by atoms with van der Waals surface area (Å²) in [4.78, 5) is 47.2. The Hall–Kier alpha value is -2.20. The van der Waals surface area contributed by atoms with Gasteiger partial charge in [-0.1, -0.05) is 0 Å². The number of piperidine rings is 1. The standard InChI is InChI=1S/C13H17N3O7/c1-9(18)6-10-12(15(20)21)3-2-11(19)13(10,16(22)23)8-14(7-12)4-5-17/h2-3,10,17H,4-8H2,1H3/t10-,12-,13+/m0/s1. The molecule has 0 amide bonds. The molecule has 3 atom stereocenters. The molecule has 23 heavy (non-hydrogen) atoms. The second-order valence-electron chi connectivity index (χ2n) is 6.02. The van der Waals surface area contributed by atoms with Gasteiger partial charge in [-0.05, 0) is 19.1 Å². The zero-order valence-corrected chi connectivity index (χ0v) is 12.5. The van der Waals surface area contributed by atoms with Gasteiger partial charge < -0.3 is 9.90 Å². The number of β-amino-alcohol motifs (C(OH)–C–C–N with tert-alkyl or cyclic N) is 1. The predicted molar refractivity (Wildman–Crippen MR) is 75.9 cm³/mol. The minimum Gasteiger partial charge on any atom is -0.395 e. The summed E-state index contributed by atoms with van der Waals surface area (Å²) in [6.45, 7) is 0.246. The van der Waals surface area contributed by atoms with Crippen LogP contribution in [0.1, 0.15) is 13.3 Å². The number of nitro groups is 2. The number of fused-ring (bicyclic) bond motifs is 2. The van der Waals surface area contributed by atoms with Crippen LogP contribution in [0.2, 0.25) is 0 Å². The van der Waals surface area contributed by atoms with Gasteiger partial charge in [-0.2, -0.15) is 0 Å². The highest BCUT2D eigenvalue weighted by Gasteiger charge is 2.73. The average Bonchev–Trinajstić information content (AvgIpc) is 2.44. The number of hydrogen-bond donors (Lipinski definition) is 1. The summed E-state index contributed by atoms with van der Waals surface area (Å²) in [5, 5.41) is 32.5. The van der Waals surface area contributed by atoms with E-state index in [1.54, 1.807) is 0 Å². The molecule has 2 bridgehead atoms. The number of aliphatic hydroxyl groups is 1. The highest BCUT2D eigenvalue weighted by atomic mass is 16.6. The van der Waals surface area contributed by atoms with Gasteiger partial charge in [-0.25, -0.2) is 0 Å². The lowest BCUT2D eigenvalue weighted by molar-refractivity contribution is -0.623. The first-order chi connectivity index (χ1) is 10.7. The molecule has 2 rings (SSSR count). The minimum absolute atomic E-state index is 0.0287. The molecule has 1 fully saturated rings. The molecule has 1 aliphatic carbocycles. The third-order valence-electron chi connectivity index (χ3n) is 4.64. The molecule has 0 unspecified atom stereocenters. The van der Waals surface area contributed by atoms with Crippen molar-refractivity contribution >= 4 is 11.6 Å². The van der Waals surface area contributed by atoms with Crippen LogP contribution in [0.25, 0.3) is 0 Å². The van der Waals surface area contributed by atoms with Gasteiger partial charge in [-0.15, -0.1) is 0 Å². The van der Waals surface area contributed by atoms with Crippen LogP contribution in [0.4, 0.5) is 0 Å². The van der Waals surface area contributed by atoms with E-state index in [0.717, 1.165) is 12.2 Å². The summed E-state index contributed by atoms with van der Waals surface area (Å²) in [6, 6.07) is 0. The summed E-state index contributed by atoms with van der Waals surface area (Å²) in [5.41, 5.74) is -4.15. The molecule has 0 aromatic carbocycles. The molecular weight excluding hydrogens is 310 g/mol. The number of likely N-dealkylation sites (tertiary alicyclic amines) is 1. The van der Waals surface area contributed by atoms with Crippen LogP contribution in [-0.4, -0.2) is 68.7 Å². The Balaban J connectivity index is 2.67. The van der Waals surface area contributed by atoms with Crippen LogP contribution in [0.3, 0.4) is 0 Å². The van der Waals surface area contributed by atoms with Gasteiger partial charge in [0.25, 0.3) is 5.54 Å². The van der Waals surface area contributed by atoms with Crippen LogP contribution < -0.4 is 0 Å². The van der Waals surface area contributed by atoms with E-state index in [2.05, 4.69) is 0 Å². The summed E-state index contributed by atoms with van der Waals surface area (Å²) in [7, 11) is 0. The Morgan fingerprint density at radius 3 is 2.52 bits per heavy atom. The van der Waals surface area contributed by atoms with Crippen molar-refractivity contribution in [2.45, 2.75) is 24.4 Å². The largest absolute Gasteiger partial charge is 0.395 e. The molecule has 10 nitrogen and oxygen atoms in total. The Morgan fingerprint density at radius 1 is 1.39 bits per heavy atom. The van der Waals surface area contributed by atoms with Crippen molar-refractivity contribution in [2.24, 2.45) is 5.92 Å². The van der Waals surface area contributed by atoms with Gasteiger partial charge in [0.05, 0.1) is 19.7 Å². The number of hydrogen-bond acceptors (Lipinski definition) is 8. The Morgan fingerprint density at radius 2 is 2.04 bits per heavy atom. The van der Waals surface area contributed by atoms with E-state index in [4.69, 9.17) is 5.11 Å². The number of aliphatic hydroxyl groups excluding tert-OH is 1. The zero-order chi connectivity index (χ0) is 17.4. The van der Waals surface area contributed by atoms with Crippen LogP contribution in [0.15, 0.2) is 12.2 Å². The molecule has 0 saturated carbocycles. The van der Waals surface area contributed by atoms with Crippen molar-refractivity contribution in [3.05, 3.63) is 32.4 Å². The normalized spacial score (nSPS) is 33.5. The summed E-state index contributed by atoms with van der Waals surface area (Å²) in [5.74, 6) is -2.66. The van der Waals surface area contributed by atoms with Crippen molar-refractivity contribution in [1.29, 1.82) is 0 Å². The van der Waals surface area contributed by atoms with Crippen molar-refractivity contribution < 1.29 is 24.5 Å². The smallest absolute Gasteiger partial charge is 0.305 e. The molecule has 0 aromatic heterocycles. The fraction of sp³-hybridized carbons (Fsp3) is 0.692. The van der Waals surface area contributed by atoms with Gasteiger partial charge in [-0.3, -0.25) is 29.9 Å². The number of carbonyl (C=O) groups is 2. The van der Waals surface area contributed by atoms with E-state index in [1.807, 2.05) is 0 Å². The van der Waals surface area contributed by atoms with Gasteiger partial charge >= 0.3 is 5.54 Å². The highest BCUT2D eigenvalue weighted by molar-refractivity contribution is 5.99. The maximum atomic E-state index is 12.3. The number of nitrogens with zero attached hydrogens (tertiary/aromatic N) is 3. The number of carbonyl (C=O) groups excluding carboxylic acids is 2. The fourth-order valence-corrected chi connectivity index (χ4v) is 3.63. The van der Waals surface area contributed by atoms with Crippen molar-refractivity contribution in [3.8, 4) is 0 Å². The van der Waals surface area contributed by atoms with E-state index < -0.39 is 44.8 Å². The molecule has 1 heterocycles. The lowest BCUT2D eigenvalue weighted by atomic mass is 9.61. The Bertz CT molecular complexity index is 604. The number of Topliss-reactive ketones (excluding diaryl/α,β-unsaturated/α-hetero) is 1. The van der Waals surface area contributed by atoms with E-state index in [0.29, 0.717) is 0 Å². The fourth-order valence-electron chi connectivity index (χ4n) is 3.63. The topological polar surface area (TPSA) is 144 Å². The SMILES string of the molecule is CC(=O)C[C@H]1[C@]2([N+](=O)[O-])C=CC(=O)[C@@]1([N+](=O)[O-])CN(CCO)C2. The third kappa shape index (κ3) is 2.43. The zero-order valence-electron chi connectivity index (χ0n) is 12.5.